The smallest absolute Gasteiger partial charge is 0.363 e. The van der Waals surface area contributed by atoms with E-state index in [0.29, 0.717) is 0 Å². The second-order valence-corrected chi connectivity index (χ2v) is 8.23. The summed E-state index contributed by atoms with van der Waals surface area (Å²) in [5.41, 5.74) is 0. The van der Waals surface area contributed by atoms with Crippen molar-refractivity contribution < 1.29 is 66.5 Å². The average molecular weight is 516 g/mol. The molecule has 0 aromatic heterocycles. The molecule has 0 aromatic carbocycles. The van der Waals surface area contributed by atoms with Crippen molar-refractivity contribution in [3.05, 3.63) is 0 Å². The van der Waals surface area contributed by atoms with Crippen LogP contribution in [-0.4, -0.2) is 106 Å². The summed E-state index contributed by atoms with van der Waals surface area (Å²) in [6.45, 7) is 4.62. The Labute approximate surface area is 205 Å². The second kappa shape index (κ2) is 10.4. The van der Waals surface area contributed by atoms with Crippen LogP contribution in [0.4, 0.5) is 0 Å². The van der Waals surface area contributed by atoms with Gasteiger partial charge in [0.15, 0.2) is 0 Å². The van der Waals surface area contributed by atoms with Crippen molar-refractivity contribution in [2.45, 2.75) is 66.5 Å². The lowest BCUT2D eigenvalue weighted by atomic mass is 10.3. The molecule has 0 aliphatic carbocycles. The number of ether oxygens (including phenoxy) is 4. The normalized spacial score (nSPS) is 31.3. The van der Waals surface area contributed by atoms with E-state index in [0.717, 1.165) is 51.3 Å². The highest BCUT2D eigenvalue weighted by Gasteiger charge is 2.79. The van der Waals surface area contributed by atoms with Gasteiger partial charge in [-0.15, -0.1) is 0 Å². The Hall–Kier alpha value is -3.92. The molecule has 16 nitrogen and oxygen atoms in total. The van der Waals surface area contributed by atoms with E-state index < -0.39 is 83.1 Å². The summed E-state index contributed by atoms with van der Waals surface area (Å²) in [5, 5.41) is 0. The third-order valence-corrected chi connectivity index (χ3v) is 5.82. The molecule has 0 saturated carbocycles. The van der Waals surface area contributed by atoms with Gasteiger partial charge in [0.25, 0.3) is 12.5 Å². The maximum atomic E-state index is 13.4. The zero-order valence-corrected chi connectivity index (χ0v) is 20.6. The predicted octanol–water partition coefficient (Wildman–Crippen LogP) is -1.96. The zero-order valence-electron chi connectivity index (χ0n) is 20.6. The number of carbonyl (C=O) groups excluding carboxylic acids is 8. The fourth-order valence-corrected chi connectivity index (χ4v) is 4.52. The van der Waals surface area contributed by atoms with E-state index in [1.165, 1.54) is 0 Å². The number of hydrogen-bond acceptors (Lipinski definition) is 12. The molecule has 2 aliphatic heterocycles. The molecule has 0 spiro atoms. The second-order valence-electron chi connectivity index (χ2n) is 8.23. The molecule has 0 N–H and O–H groups in total. The van der Waals surface area contributed by atoms with Gasteiger partial charge in [0.05, 0.1) is 6.92 Å². The van der Waals surface area contributed by atoms with Crippen molar-refractivity contribution in [1.82, 2.24) is 9.80 Å². The fraction of sp³-hybridized carbons (Fsp3) is 0.600. The van der Waals surface area contributed by atoms with Gasteiger partial charge in [-0.3, -0.25) is 28.8 Å². The summed E-state index contributed by atoms with van der Waals surface area (Å²) in [6.07, 6.45) is -6.70. The molecule has 0 radical (unpaired) electrons. The van der Waals surface area contributed by atoms with E-state index in [1.807, 2.05) is 0 Å². The van der Waals surface area contributed by atoms with E-state index in [1.54, 1.807) is 0 Å². The summed E-state index contributed by atoms with van der Waals surface area (Å²) in [7, 11) is 0. The largest absolute Gasteiger partial charge is 0.430 e. The molecule has 4 amide bonds. The summed E-state index contributed by atoms with van der Waals surface area (Å²) in [5.74, 6) is -5.39. The highest BCUT2D eigenvalue weighted by atomic mass is 16.6. The van der Waals surface area contributed by atoms with Crippen LogP contribution in [-0.2, 0) is 57.3 Å². The summed E-state index contributed by atoms with van der Waals surface area (Å²) < 4.78 is 18.5. The standard InChI is InChI=1S/C20H28N4O12/c1-11(27)22-8-24(12(2)28,20(36-16(6)32)18(22)34-14(4)30)23(10-26)7-21(9-25)17(33-13(3)29)19(23)35-15(5)31/h9-10,17-20H,7-8H2,1-6H3/q+2. The van der Waals surface area contributed by atoms with E-state index in [2.05, 4.69) is 0 Å². The number of nitrogens with zero attached hydrogens (tertiary/aromatic N) is 4. The third kappa shape index (κ3) is 4.64. The molecule has 2 aliphatic rings. The van der Waals surface area contributed by atoms with Gasteiger partial charge in [0, 0.05) is 34.6 Å². The van der Waals surface area contributed by atoms with Crippen molar-refractivity contribution >= 4 is 48.5 Å². The van der Waals surface area contributed by atoms with Crippen molar-refractivity contribution in [3.8, 4) is 0 Å². The van der Waals surface area contributed by atoms with Gasteiger partial charge in [0.1, 0.15) is 0 Å². The molecular formula is C20H28N4O12+2. The van der Waals surface area contributed by atoms with Crippen LogP contribution in [0.3, 0.4) is 0 Å². The monoisotopic (exact) mass is 516 g/mol. The molecule has 2 heterocycles. The lowest BCUT2D eigenvalue weighted by Crippen LogP contribution is -2.80. The Morgan fingerprint density at radius 3 is 1.56 bits per heavy atom. The molecule has 2 fully saturated rings. The first-order valence-corrected chi connectivity index (χ1v) is 10.6. The summed E-state index contributed by atoms with van der Waals surface area (Å²) >= 11 is 0. The Bertz CT molecular complexity index is 1000. The Kier molecular flexibility index (Phi) is 8.16. The first kappa shape index (κ1) is 28.3. The lowest BCUT2D eigenvalue weighted by Gasteiger charge is -2.45. The van der Waals surface area contributed by atoms with Gasteiger partial charge in [-0.2, -0.15) is 0 Å². The van der Waals surface area contributed by atoms with Crippen LogP contribution < -0.4 is 0 Å². The predicted molar refractivity (Wildman–Crippen MR) is 110 cm³/mol. The average Bonchev–Trinajstić information content (AvgIpc) is 3.21. The minimum Gasteiger partial charge on any atom is -0.430 e. The van der Waals surface area contributed by atoms with Crippen molar-refractivity contribution in [2.75, 3.05) is 13.3 Å². The number of carbonyl (C=O) groups is 8. The number of hydrogen-bond donors (Lipinski definition) is 0. The fourth-order valence-electron chi connectivity index (χ4n) is 4.52. The molecule has 2 rings (SSSR count). The molecule has 36 heavy (non-hydrogen) atoms. The maximum absolute atomic E-state index is 13.4. The quantitative estimate of drug-likeness (QED) is 0.158. The Balaban J connectivity index is 2.94. The minimum absolute atomic E-state index is 0.153. The van der Waals surface area contributed by atoms with Crippen LogP contribution in [0.15, 0.2) is 0 Å². The lowest BCUT2D eigenvalue weighted by molar-refractivity contribution is -1.44. The number of rotatable bonds is 7. The molecular weight excluding hydrogens is 488 g/mol. The van der Waals surface area contributed by atoms with Gasteiger partial charge in [-0.25, -0.2) is 19.4 Å². The summed E-state index contributed by atoms with van der Waals surface area (Å²) in [4.78, 5) is 100. The zero-order chi connectivity index (χ0) is 27.6. The highest BCUT2D eigenvalue weighted by Crippen LogP contribution is 2.44. The van der Waals surface area contributed by atoms with Gasteiger partial charge in [0.2, 0.25) is 25.7 Å². The van der Waals surface area contributed by atoms with Crippen LogP contribution in [0.2, 0.25) is 0 Å². The van der Waals surface area contributed by atoms with Crippen molar-refractivity contribution in [3.63, 3.8) is 0 Å². The maximum Gasteiger partial charge on any atom is 0.363 e. The molecule has 16 heteroatoms. The number of esters is 4. The van der Waals surface area contributed by atoms with Crippen molar-refractivity contribution in [1.29, 1.82) is 0 Å². The van der Waals surface area contributed by atoms with Crippen molar-refractivity contribution in [2.24, 2.45) is 0 Å². The highest BCUT2D eigenvalue weighted by molar-refractivity contribution is 5.76. The number of quaternary nitrogens is 2. The topological polar surface area (TPSA) is 180 Å². The van der Waals surface area contributed by atoms with Gasteiger partial charge in [-0.1, -0.05) is 0 Å². The minimum atomic E-state index is -1.85. The van der Waals surface area contributed by atoms with E-state index >= 15 is 0 Å². The number of amides is 4. The Morgan fingerprint density at radius 1 is 0.694 bits per heavy atom. The van der Waals surface area contributed by atoms with Crippen LogP contribution in [0.5, 0.6) is 0 Å². The van der Waals surface area contributed by atoms with Crippen LogP contribution in [0.25, 0.3) is 0 Å². The van der Waals surface area contributed by atoms with E-state index in [4.69, 9.17) is 18.9 Å². The van der Waals surface area contributed by atoms with Gasteiger partial charge >= 0.3 is 48.7 Å². The molecule has 2 saturated heterocycles. The van der Waals surface area contributed by atoms with Crippen LogP contribution in [0.1, 0.15) is 41.5 Å². The Morgan fingerprint density at radius 2 is 1.17 bits per heavy atom. The van der Waals surface area contributed by atoms with Gasteiger partial charge < -0.3 is 18.9 Å². The molecule has 6 unspecified atom stereocenters. The molecule has 0 aromatic rings. The SMILES string of the molecule is CC(=O)OC1C(OC(C)=O)[N+](C=O)([N+]2(C(C)=O)CN(C(C)=O)C(OC(C)=O)C2OC(C)=O)CN1C=O. The summed E-state index contributed by atoms with van der Waals surface area (Å²) in [6, 6.07) is 0. The van der Waals surface area contributed by atoms with Crippen LogP contribution >= 0.6 is 0 Å². The first-order valence-electron chi connectivity index (χ1n) is 10.6. The molecule has 198 valence electrons. The van der Waals surface area contributed by atoms with Gasteiger partial charge in [-0.05, 0) is 9.18 Å². The van der Waals surface area contributed by atoms with E-state index in [-0.39, 0.29) is 12.8 Å². The van der Waals surface area contributed by atoms with Crippen LogP contribution in [0, 0.1) is 0 Å². The first-order chi connectivity index (χ1) is 16.7. The molecule has 0 bridgehead atoms. The van der Waals surface area contributed by atoms with E-state index in [9.17, 15) is 38.4 Å². The molecule has 6 atom stereocenters. The third-order valence-electron chi connectivity index (χ3n) is 5.82.